The highest BCUT2D eigenvalue weighted by atomic mass is 19.1. The van der Waals surface area contributed by atoms with E-state index in [1.165, 1.54) is 36.4 Å². The van der Waals surface area contributed by atoms with Crippen molar-refractivity contribution in [1.82, 2.24) is 39.6 Å². The van der Waals surface area contributed by atoms with Crippen molar-refractivity contribution in [1.29, 1.82) is 0 Å². The Bertz CT molecular complexity index is 2640. The van der Waals surface area contributed by atoms with Crippen LogP contribution in [0.4, 0.5) is 13.2 Å². The van der Waals surface area contributed by atoms with Gasteiger partial charge in [0, 0.05) is 49.3 Å². The Hall–Kier alpha value is -7.08. The normalized spacial score (nSPS) is 14.2. The molecule has 3 aromatic heterocycles. The summed E-state index contributed by atoms with van der Waals surface area (Å²) in [5.74, 6) is -2.75. The highest BCUT2D eigenvalue weighted by Crippen LogP contribution is 2.32. The molecule has 4 amide bonds. The minimum atomic E-state index is -0.629. The molecule has 0 atom stereocenters. The molecule has 9 rings (SSSR count). The molecule has 7 N–H and O–H groups in total. The van der Waals surface area contributed by atoms with Gasteiger partial charge in [-0.2, -0.15) is 15.3 Å². The third kappa shape index (κ3) is 9.91. The summed E-state index contributed by atoms with van der Waals surface area (Å²) in [7, 11) is 0. The van der Waals surface area contributed by atoms with Gasteiger partial charge < -0.3 is 27.4 Å². The van der Waals surface area contributed by atoms with Gasteiger partial charge in [-0.25, -0.2) is 13.2 Å². The molecule has 0 radical (unpaired) electrons. The monoisotopic (exact) mass is 877 g/mol. The lowest BCUT2D eigenvalue weighted by molar-refractivity contribution is -0.134. The van der Waals surface area contributed by atoms with Crippen molar-refractivity contribution >= 4 is 23.6 Å². The summed E-state index contributed by atoms with van der Waals surface area (Å²) in [6.45, 7) is 10.1. The predicted molar refractivity (Wildman–Crippen MR) is 233 cm³/mol. The van der Waals surface area contributed by atoms with E-state index >= 15 is 0 Å². The number of fused-ring (bicyclic) bond motifs is 3. The number of nitrogens with two attached hydrogens (primary N) is 3. The molecule has 6 aromatic rings. The van der Waals surface area contributed by atoms with Crippen LogP contribution in [0, 0.1) is 22.9 Å². The zero-order valence-electron chi connectivity index (χ0n) is 35.8. The maximum Gasteiger partial charge on any atom is 0.252 e. The lowest BCUT2D eigenvalue weighted by Gasteiger charge is -2.30. The Labute approximate surface area is 367 Å². The molecule has 0 fully saturated rings. The molecule has 15 nitrogen and oxygen atoms in total. The summed E-state index contributed by atoms with van der Waals surface area (Å²) < 4.78 is 45.5. The lowest BCUT2D eigenvalue weighted by Crippen LogP contribution is -2.40. The zero-order chi connectivity index (χ0) is 45.9. The van der Waals surface area contributed by atoms with Crippen molar-refractivity contribution in [3.05, 3.63) is 124 Å². The number of hydrogen-bond acceptors (Lipinski definition) is 8. The van der Waals surface area contributed by atoms with Crippen LogP contribution >= 0.6 is 0 Å². The fourth-order valence-corrected chi connectivity index (χ4v) is 8.13. The molecule has 0 saturated heterocycles. The Kier molecular flexibility index (Phi) is 13.2. The van der Waals surface area contributed by atoms with Crippen molar-refractivity contribution in [3.8, 4) is 33.8 Å². The van der Waals surface area contributed by atoms with Crippen LogP contribution in [-0.2, 0) is 43.9 Å². The standard InChI is InChI=1S/C19H23FN4O2.C14H14FN3O.C13H13FN4O/c1-19(2,3)10-15(25)23-7-8-24-14(11-23)16(18(21)26)17(22-24)12-5-4-6-13(20)9-12;15-10-5-3-4-9(8-10)13-12(14(16)19)11-6-1-2-7-18(11)17-13;14-9-3-1-2-8(6-9)12-11(13(15)19)10-7-16-4-5-18(10)17-12/h4-6,9H,7-8,10-11H2,1-3H3,(H2,21,26);3-5,8H,1-2,6-7H2,(H2,16,19);1-3,6,16H,4-5,7H2,(H2,15,19). The molecule has 3 aliphatic heterocycles. The number of hydrogen-bond donors (Lipinski definition) is 4. The van der Waals surface area contributed by atoms with E-state index in [0.717, 1.165) is 43.7 Å². The largest absolute Gasteiger partial charge is 0.365 e. The maximum atomic E-state index is 13.6. The summed E-state index contributed by atoms with van der Waals surface area (Å²) in [5, 5.41) is 16.5. The molecule has 18 heteroatoms. The Morgan fingerprint density at radius 2 is 1.06 bits per heavy atom. The van der Waals surface area contributed by atoms with Crippen LogP contribution in [0.25, 0.3) is 33.8 Å². The number of rotatable bonds is 7. The molecule has 6 heterocycles. The van der Waals surface area contributed by atoms with Gasteiger partial charge >= 0.3 is 0 Å². The Balaban J connectivity index is 0.000000146. The first-order chi connectivity index (χ1) is 30.5. The van der Waals surface area contributed by atoms with Gasteiger partial charge in [-0.15, -0.1) is 0 Å². The third-order valence-corrected chi connectivity index (χ3v) is 11.0. The summed E-state index contributed by atoms with van der Waals surface area (Å²) in [4.78, 5) is 49.7. The number of primary amides is 3. The van der Waals surface area contributed by atoms with E-state index in [2.05, 4.69) is 20.6 Å². The average Bonchev–Trinajstić information content (AvgIpc) is 3.96. The molecule has 64 heavy (non-hydrogen) atoms. The third-order valence-electron chi connectivity index (χ3n) is 11.0. The second kappa shape index (κ2) is 18.7. The second-order valence-corrected chi connectivity index (χ2v) is 17.0. The van der Waals surface area contributed by atoms with Gasteiger partial charge in [0.1, 0.15) is 34.5 Å². The second-order valence-electron chi connectivity index (χ2n) is 17.0. The van der Waals surface area contributed by atoms with E-state index in [1.807, 2.05) is 25.5 Å². The molecule has 334 valence electrons. The summed E-state index contributed by atoms with van der Waals surface area (Å²) in [6, 6.07) is 18.0. The first kappa shape index (κ1) is 45.0. The van der Waals surface area contributed by atoms with Crippen LogP contribution in [0.3, 0.4) is 0 Å². The fourth-order valence-electron chi connectivity index (χ4n) is 8.13. The molecule has 0 saturated carbocycles. The van der Waals surface area contributed by atoms with Crippen molar-refractivity contribution in [2.24, 2.45) is 22.6 Å². The van der Waals surface area contributed by atoms with Crippen molar-refractivity contribution in [2.45, 2.75) is 79.2 Å². The molecule has 3 aliphatic rings. The van der Waals surface area contributed by atoms with Gasteiger partial charge in [0.2, 0.25) is 5.91 Å². The van der Waals surface area contributed by atoms with E-state index in [0.29, 0.717) is 83.2 Å². The molecule has 0 unspecified atom stereocenters. The molecule has 0 aliphatic carbocycles. The van der Waals surface area contributed by atoms with Gasteiger partial charge in [-0.05, 0) is 61.1 Å². The predicted octanol–water partition coefficient (Wildman–Crippen LogP) is 5.58. The van der Waals surface area contributed by atoms with Crippen LogP contribution in [-0.4, -0.2) is 71.0 Å². The van der Waals surface area contributed by atoms with E-state index in [4.69, 9.17) is 17.2 Å². The van der Waals surface area contributed by atoms with Gasteiger partial charge in [0.25, 0.3) is 17.7 Å². The minimum absolute atomic E-state index is 0.0349. The van der Waals surface area contributed by atoms with Gasteiger partial charge in [-0.3, -0.25) is 33.2 Å². The van der Waals surface area contributed by atoms with E-state index in [1.54, 1.807) is 50.7 Å². The topological polar surface area (TPSA) is 215 Å². The number of carbonyl (C=O) groups is 4. The van der Waals surface area contributed by atoms with E-state index < -0.39 is 23.5 Å². The molecular weight excluding hydrogens is 828 g/mol. The van der Waals surface area contributed by atoms with Gasteiger partial charge in [0.05, 0.1) is 53.4 Å². The van der Waals surface area contributed by atoms with Crippen molar-refractivity contribution in [2.75, 3.05) is 13.1 Å². The molecule has 0 spiro atoms. The van der Waals surface area contributed by atoms with Gasteiger partial charge in [-0.1, -0.05) is 57.2 Å². The highest BCUT2D eigenvalue weighted by Gasteiger charge is 2.31. The zero-order valence-corrected chi connectivity index (χ0v) is 35.8. The number of carbonyl (C=O) groups excluding carboxylic acids is 4. The average molecular weight is 878 g/mol. The van der Waals surface area contributed by atoms with Crippen LogP contribution in [0.1, 0.15) is 88.2 Å². The minimum Gasteiger partial charge on any atom is -0.365 e. The smallest absolute Gasteiger partial charge is 0.252 e. The maximum absolute atomic E-state index is 13.6. The number of nitrogens with zero attached hydrogens (tertiary/aromatic N) is 7. The number of benzene rings is 3. The number of halogens is 3. The summed E-state index contributed by atoms with van der Waals surface area (Å²) in [5.41, 5.74) is 22.6. The first-order valence-corrected chi connectivity index (χ1v) is 20.9. The van der Waals surface area contributed by atoms with Crippen LogP contribution in [0.15, 0.2) is 72.8 Å². The molecule has 3 aromatic carbocycles. The van der Waals surface area contributed by atoms with Crippen LogP contribution < -0.4 is 22.5 Å². The van der Waals surface area contributed by atoms with E-state index in [9.17, 15) is 32.3 Å². The molecule has 0 bridgehead atoms. The van der Waals surface area contributed by atoms with Crippen LogP contribution in [0.2, 0.25) is 0 Å². The Morgan fingerprint density at radius 3 is 1.53 bits per heavy atom. The SMILES string of the molecule is CC(C)(C)CC(=O)N1CCn2nc(-c3cccc(F)c3)c(C(N)=O)c2C1.NC(=O)c1c(-c2cccc(F)c2)nn2c1CCCC2.NC(=O)c1c(-c2cccc(F)c2)nn2c1CNCC2. The number of nitrogens with one attached hydrogen (secondary N) is 1. The fraction of sp³-hybridized carbons (Fsp3) is 0.326. The first-order valence-electron chi connectivity index (χ1n) is 20.9. The van der Waals surface area contributed by atoms with Crippen molar-refractivity contribution in [3.63, 3.8) is 0 Å². The lowest BCUT2D eigenvalue weighted by atomic mass is 9.91. The van der Waals surface area contributed by atoms with Crippen LogP contribution in [0.5, 0.6) is 0 Å². The number of aryl methyl sites for hydroxylation is 1. The Morgan fingerprint density at radius 1 is 0.609 bits per heavy atom. The number of amides is 4. The quantitative estimate of drug-likeness (QED) is 0.158. The molecular formula is C46H50F3N11O4. The van der Waals surface area contributed by atoms with E-state index in [-0.39, 0.29) is 35.1 Å². The van der Waals surface area contributed by atoms with Gasteiger partial charge in [0.15, 0.2) is 0 Å². The van der Waals surface area contributed by atoms with Crippen molar-refractivity contribution < 1.29 is 32.3 Å². The summed E-state index contributed by atoms with van der Waals surface area (Å²) in [6.07, 6.45) is 3.27. The summed E-state index contributed by atoms with van der Waals surface area (Å²) >= 11 is 0. The number of aromatic nitrogens is 6. The highest BCUT2D eigenvalue weighted by molar-refractivity contribution is 6.01.